The second kappa shape index (κ2) is 4.32. The highest BCUT2D eigenvalue weighted by atomic mass is 16.7. The van der Waals surface area contributed by atoms with Gasteiger partial charge < -0.3 is 29.9 Å². The molecule has 0 aromatic heterocycles. The SMILES string of the molecule is [2H]C([2H])([2H])O[C@H]1O[C@H](CO)[C@@H](O)[C@H](O)[C@H]1O. The van der Waals surface area contributed by atoms with Crippen molar-refractivity contribution in [2.24, 2.45) is 0 Å². The second-order valence-corrected chi connectivity index (χ2v) is 2.82. The molecule has 6 nitrogen and oxygen atoms in total. The molecule has 0 unspecified atom stereocenters. The summed E-state index contributed by atoms with van der Waals surface area (Å²) in [6.45, 7) is -0.633. The molecule has 0 bridgehead atoms. The zero-order valence-electron chi connectivity index (χ0n) is 9.70. The third-order valence-electron chi connectivity index (χ3n) is 1.96. The van der Waals surface area contributed by atoms with E-state index >= 15 is 0 Å². The second-order valence-electron chi connectivity index (χ2n) is 2.82. The third-order valence-corrected chi connectivity index (χ3v) is 1.96. The molecular weight excluding hydrogens is 180 g/mol. The quantitative estimate of drug-likeness (QED) is 0.388. The fourth-order valence-electron chi connectivity index (χ4n) is 1.16. The van der Waals surface area contributed by atoms with Gasteiger partial charge in [-0.1, -0.05) is 0 Å². The average Bonchev–Trinajstić information content (AvgIpc) is 2.17. The number of ether oxygens (including phenoxy) is 2. The maximum absolute atomic E-state index is 9.39. The van der Waals surface area contributed by atoms with E-state index in [4.69, 9.17) is 14.0 Å². The maximum atomic E-state index is 9.39. The molecule has 1 rings (SSSR count). The van der Waals surface area contributed by atoms with Gasteiger partial charge in [0.25, 0.3) is 0 Å². The van der Waals surface area contributed by atoms with Crippen molar-refractivity contribution in [3.63, 3.8) is 0 Å². The number of aliphatic hydroxyl groups is 4. The molecular formula is C7H14O6. The highest BCUT2D eigenvalue weighted by Crippen LogP contribution is 2.20. The Kier molecular flexibility index (Phi) is 2.36. The number of aliphatic hydroxyl groups excluding tert-OH is 4. The lowest BCUT2D eigenvalue weighted by molar-refractivity contribution is -0.294. The van der Waals surface area contributed by atoms with Crippen LogP contribution in [-0.2, 0) is 9.47 Å². The molecule has 0 radical (unpaired) electrons. The Balaban J connectivity index is 2.71. The van der Waals surface area contributed by atoms with Gasteiger partial charge in [0.2, 0.25) is 0 Å². The summed E-state index contributed by atoms with van der Waals surface area (Å²) in [6, 6.07) is 0. The molecule has 0 aromatic carbocycles. The van der Waals surface area contributed by atoms with E-state index in [1.807, 2.05) is 0 Å². The van der Waals surface area contributed by atoms with Gasteiger partial charge >= 0.3 is 0 Å². The van der Waals surface area contributed by atoms with Gasteiger partial charge in [-0.05, 0) is 0 Å². The Morgan fingerprint density at radius 1 is 1.31 bits per heavy atom. The molecule has 6 heteroatoms. The minimum absolute atomic E-state index is 0.633. The molecule has 0 saturated carbocycles. The Labute approximate surface area is 79.5 Å². The van der Waals surface area contributed by atoms with Crippen molar-refractivity contribution in [2.75, 3.05) is 13.6 Å². The molecule has 1 fully saturated rings. The van der Waals surface area contributed by atoms with E-state index in [-0.39, 0.29) is 0 Å². The van der Waals surface area contributed by atoms with Crippen LogP contribution in [0.5, 0.6) is 0 Å². The summed E-state index contributed by atoms with van der Waals surface area (Å²) >= 11 is 0. The fourth-order valence-corrected chi connectivity index (χ4v) is 1.16. The monoisotopic (exact) mass is 197 g/mol. The minimum atomic E-state index is -2.81. The third kappa shape index (κ3) is 1.98. The van der Waals surface area contributed by atoms with E-state index in [0.29, 0.717) is 0 Å². The molecule has 78 valence electrons. The van der Waals surface area contributed by atoms with Crippen molar-refractivity contribution in [3.05, 3.63) is 0 Å². The van der Waals surface area contributed by atoms with Gasteiger partial charge in [0.05, 0.1) is 10.7 Å². The van der Waals surface area contributed by atoms with Gasteiger partial charge in [0.1, 0.15) is 24.4 Å². The molecule has 13 heavy (non-hydrogen) atoms. The molecule has 0 spiro atoms. The van der Waals surface area contributed by atoms with Crippen LogP contribution in [0.1, 0.15) is 4.11 Å². The van der Waals surface area contributed by atoms with Crippen molar-refractivity contribution in [1.82, 2.24) is 0 Å². The zero-order valence-corrected chi connectivity index (χ0v) is 6.70. The van der Waals surface area contributed by atoms with Crippen molar-refractivity contribution < 1.29 is 34.0 Å². The van der Waals surface area contributed by atoms with Crippen LogP contribution in [-0.4, -0.2) is 64.8 Å². The van der Waals surface area contributed by atoms with Gasteiger partial charge in [-0.2, -0.15) is 0 Å². The number of methoxy groups -OCH3 is 1. The molecule has 5 atom stereocenters. The van der Waals surface area contributed by atoms with Gasteiger partial charge in [-0.3, -0.25) is 0 Å². The lowest BCUT2D eigenvalue weighted by Crippen LogP contribution is -2.58. The van der Waals surface area contributed by atoms with Gasteiger partial charge in [0, 0.05) is 7.04 Å². The summed E-state index contributed by atoms with van der Waals surface area (Å²) in [5.41, 5.74) is 0. The van der Waals surface area contributed by atoms with E-state index in [0.717, 1.165) is 0 Å². The van der Waals surface area contributed by atoms with Gasteiger partial charge in [-0.15, -0.1) is 0 Å². The van der Waals surface area contributed by atoms with Crippen LogP contribution in [0, 0.1) is 0 Å². The molecule has 0 aromatic rings. The van der Waals surface area contributed by atoms with Crippen molar-refractivity contribution in [1.29, 1.82) is 0 Å². The Hall–Kier alpha value is -0.240. The van der Waals surface area contributed by atoms with Crippen molar-refractivity contribution >= 4 is 0 Å². The minimum Gasteiger partial charge on any atom is -0.394 e. The Morgan fingerprint density at radius 3 is 2.54 bits per heavy atom. The standard InChI is InChI=1S/C7H14O6/c1-12-7-6(11)5(10)4(9)3(2-8)13-7/h3-11H,2H2,1H3/t3-,4-,5+,6-,7+/m1/s1/i1D3. The highest BCUT2D eigenvalue weighted by Gasteiger charge is 2.43. The van der Waals surface area contributed by atoms with Gasteiger partial charge in [-0.25, -0.2) is 0 Å². The maximum Gasteiger partial charge on any atom is 0.186 e. The van der Waals surface area contributed by atoms with E-state index in [1.165, 1.54) is 0 Å². The van der Waals surface area contributed by atoms with E-state index in [2.05, 4.69) is 4.74 Å². The van der Waals surface area contributed by atoms with Gasteiger partial charge in [0.15, 0.2) is 6.29 Å². The van der Waals surface area contributed by atoms with Crippen LogP contribution in [0.15, 0.2) is 0 Å². The predicted octanol–water partition coefficient (Wildman–Crippen LogP) is -2.57. The van der Waals surface area contributed by atoms with Crippen molar-refractivity contribution in [2.45, 2.75) is 30.7 Å². The molecule has 1 aliphatic heterocycles. The molecule has 1 saturated heterocycles. The van der Waals surface area contributed by atoms with Crippen molar-refractivity contribution in [3.8, 4) is 0 Å². The summed E-state index contributed by atoms with van der Waals surface area (Å²) in [6.07, 6.45) is -7.67. The van der Waals surface area contributed by atoms with E-state index < -0.39 is 44.4 Å². The summed E-state index contributed by atoms with van der Waals surface area (Å²) in [7, 11) is -2.81. The normalized spacial score (nSPS) is 50.8. The topological polar surface area (TPSA) is 99.4 Å². The number of hydrogen-bond acceptors (Lipinski definition) is 6. The molecule has 1 aliphatic rings. The van der Waals surface area contributed by atoms with Crippen LogP contribution in [0.25, 0.3) is 0 Å². The predicted molar refractivity (Wildman–Crippen MR) is 40.8 cm³/mol. The zero-order chi connectivity index (χ0) is 12.5. The first-order valence-corrected chi connectivity index (χ1v) is 3.74. The molecule has 4 N–H and O–H groups in total. The van der Waals surface area contributed by atoms with Crippen LogP contribution in [0.3, 0.4) is 0 Å². The van der Waals surface area contributed by atoms with Crippen LogP contribution < -0.4 is 0 Å². The largest absolute Gasteiger partial charge is 0.394 e. The lowest BCUT2D eigenvalue weighted by Gasteiger charge is -2.38. The first-order chi connectivity index (χ1) is 7.26. The summed E-state index contributed by atoms with van der Waals surface area (Å²) in [4.78, 5) is 0. The van der Waals surface area contributed by atoms with Crippen LogP contribution in [0.2, 0.25) is 0 Å². The molecule has 1 heterocycles. The first-order valence-electron chi connectivity index (χ1n) is 5.24. The Bertz CT molecular complexity index is 233. The summed E-state index contributed by atoms with van der Waals surface area (Å²) in [5.74, 6) is 0. The van der Waals surface area contributed by atoms with E-state index in [9.17, 15) is 15.3 Å². The summed E-state index contributed by atoms with van der Waals surface area (Å²) < 4.78 is 29.6. The first kappa shape index (κ1) is 7.10. The summed E-state index contributed by atoms with van der Waals surface area (Å²) in [5, 5.41) is 36.9. The average molecular weight is 197 g/mol. The Morgan fingerprint density at radius 2 is 2.00 bits per heavy atom. The highest BCUT2D eigenvalue weighted by molar-refractivity contribution is 4.88. The van der Waals surface area contributed by atoms with Crippen LogP contribution in [0.4, 0.5) is 0 Å². The number of rotatable bonds is 2. The fraction of sp³-hybridized carbons (Fsp3) is 1.00. The smallest absolute Gasteiger partial charge is 0.186 e. The van der Waals surface area contributed by atoms with E-state index in [1.54, 1.807) is 0 Å². The number of hydrogen-bond donors (Lipinski definition) is 4. The lowest BCUT2D eigenvalue weighted by atomic mass is 9.99. The molecule has 0 amide bonds. The molecule has 0 aliphatic carbocycles. The van der Waals surface area contributed by atoms with Crippen LogP contribution >= 0.6 is 0 Å².